The number of hydrogen-bond acceptors (Lipinski definition) is 6. The number of carboxylic acids is 3. The summed E-state index contributed by atoms with van der Waals surface area (Å²) in [7, 11) is -4.90. The monoisotopic (exact) mass is 420 g/mol. The van der Waals surface area contributed by atoms with Gasteiger partial charge in [0.15, 0.2) is 0 Å². The van der Waals surface area contributed by atoms with E-state index in [1.165, 1.54) is 44.9 Å². The summed E-state index contributed by atoms with van der Waals surface area (Å²) in [5.41, 5.74) is 0. The average Bonchev–Trinajstić information content (AvgIpc) is 2.50. The Balaban J connectivity index is -0.000000416. The summed E-state index contributed by atoms with van der Waals surface area (Å²) in [5.74, 6) is -4.45. The normalized spacial score (nSPS) is 11.5. The Hall–Kier alpha value is -0.680. The summed E-state index contributed by atoms with van der Waals surface area (Å²) in [4.78, 5) is 30.1. The van der Waals surface area contributed by atoms with Gasteiger partial charge >= 0.3 is 41.5 Å². The molecule has 11 heteroatoms. The second-order valence-electron chi connectivity index (χ2n) is 5.89. The smallest absolute Gasteiger partial charge is 0.549 e. The number of rotatable bonds is 14. The van der Waals surface area contributed by atoms with Gasteiger partial charge in [-0.15, -0.1) is 0 Å². The molecule has 0 aliphatic carbocycles. The van der Waals surface area contributed by atoms with Crippen molar-refractivity contribution in [1.29, 1.82) is 0 Å². The molecule has 0 saturated carbocycles. The first-order valence-electron chi connectivity index (χ1n) is 8.63. The Morgan fingerprint density at radius 1 is 0.852 bits per heavy atom. The van der Waals surface area contributed by atoms with Crippen LogP contribution >= 0.6 is 0 Å². The molecule has 0 aliphatic heterocycles. The van der Waals surface area contributed by atoms with Crippen LogP contribution in [-0.2, 0) is 24.5 Å². The second-order valence-corrected chi connectivity index (χ2v) is 7.49. The maximum absolute atomic E-state index is 10.2. The molecule has 0 rings (SSSR count). The third-order valence-corrected chi connectivity index (χ3v) is 4.55. The van der Waals surface area contributed by atoms with Gasteiger partial charge in [-0.25, -0.2) is 0 Å². The van der Waals surface area contributed by atoms with E-state index in [0.717, 1.165) is 12.8 Å². The molecule has 0 aliphatic rings. The van der Waals surface area contributed by atoms with Crippen molar-refractivity contribution in [3.63, 3.8) is 0 Å². The Bertz CT molecular complexity index is 520. The molecule has 0 fully saturated rings. The van der Waals surface area contributed by atoms with Gasteiger partial charge in [0.25, 0.3) is 10.1 Å². The molecule has 0 aromatic rings. The predicted molar refractivity (Wildman–Crippen MR) is 92.1 cm³/mol. The van der Waals surface area contributed by atoms with E-state index in [-0.39, 0.29) is 29.6 Å². The van der Waals surface area contributed by atoms with E-state index in [0.29, 0.717) is 6.42 Å². The van der Waals surface area contributed by atoms with Crippen molar-refractivity contribution in [2.24, 2.45) is 0 Å². The number of carboxylic acid groups (broad SMARTS) is 3. The SMILES string of the molecule is CCCCCCCCCCCC(=O)O.O=C(O)CC(C(=O)[O-])S(=O)(=O)O.[Na+]. The largest absolute Gasteiger partial charge is 1.00 e. The zero-order valence-corrected chi connectivity index (χ0v) is 18.9. The first-order chi connectivity index (χ1) is 12.0. The van der Waals surface area contributed by atoms with Crippen molar-refractivity contribution in [2.45, 2.75) is 82.8 Å². The van der Waals surface area contributed by atoms with Crippen molar-refractivity contribution >= 4 is 28.0 Å². The van der Waals surface area contributed by atoms with Gasteiger partial charge in [0.05, 0.1) is 12.4 Å². The van der Waals surface area contributed by atoms with E-state index < -0.39 is 39.7 Å². The quantitative estimate of drug-likeness (QED) is 0.171. The molecule has 1 atom stereocenters. The minimum Gasteiger partial charge on any atom is -0.549 e. The van der Waals surface area contributed by atoms with Gasteiger partial charge in [-0.2, -0.15) is 8.42 Å². The molecule has 27 heavy (non-hydrogen) atoms. The van der Waals surface area contributed by atoms with Crippen LogP contribution in [0.1, 0.15) is 77.6 Å². The summed E-state index contributed by atoms with van der Waals surface area (Å²) in [5, 5.41) is 24.0. The molecule has 0 saturated heterocycles. The average molecular weight is 420 g/mol. The topological polar surface area (TPSA) is 169 Å². The third kappa shape index (κ3) is 23.3. The fraction of sp³-hybridized carbons (Fsp3) is 0.812. The molecule has 0 bridgehead atoms. The Labute approximate surface area is 182 Å². The van der Waals surface area contributed by atoms with Crippen LogP contribution in [0, 0.1) is 0 Å². The third-order valence-electron chi connectivity index (χ3n) is 3.48. The van der Waals surface area contributed by atoms with E-state index >= 15 is 0 Å². The minimum atomic E-state index is -4.90. The van der Waals surface area contributed by atoms with Crippen LogP contribution in [0.2, 0.25) is 0 Å². The van der Waals surface area contributed by atoms with E-state index in [2.05, 4.69) is 6.92 Å². The first-order valence-corrected chi connectivity index (χ1v) is 10.1. The van der Waals surface area contributed by atoms with Gasteiger partial charge in [0.1, 0.15) is 5.25 Å². The number of unbranched alkanes of at least 4 members (excludes halogenated alkanes) is 8. The van der Waals surface area contributed by atoms with Crippen molar-refractivity contribution < 1.29 is 72.2 Å². The fourth-order valence-electron chi connectivity index (χ4n) is 2.06. The van der Waals surface area contributed by atoms with Gasteiger partial charge in [-0.1, -0.05) is 58.3 Å². The zero-order chi connectivity index (χ0) is 20.6. The molecule has 154 valence electrons. The van der Waals surface area contributed by atoms with Gasteiger partial charge < -0.3 is 20.1 Å². The van der Waals surface area contributed by atoms with Crippen molar-refractivity contribution in [3.8, 4) is 0 Å². The van der Waals surface area contributed by atoms with E-state index in [9.17, 15) is 27.9 Å². The van der Waals surface area contributed by atoms with E-state index in [4.69, 9.17) is 14.8 Å². The van der Waals surface area contributed by atoms with E-state index in [1.54, 1.807) is 0 Å². The first kappa shape index (κ1) is 31.0. The van der Waals surface area contributed by atoms with Gasteiger partial charge in [0.2, 0.25) is 0 Å². The van der Waals surface area contributed by atoms with Crippen LogP contribution in [0.3, 0.4) is 0 Å². The number of aliphatic carboxylic acids is 3. The Morgan fingerprint density at radius 3 is 1.52 bits per heavy atom. The molecule has 1 unspecified atom stereocenters. The predicted octanol–water partition coefficient (Wildman–Crippen LogP) is -1.54. The van der Waals surface area contributed by atoms with Crippen LogP contribution in [0.25, 0.3) is 0 Å². The molecule has 3 N–H and O–H groups in total. The van der Waals surface area contributed by atoms with Crippen molar-refractivity contribution in [2.75, 3.05) is 0 Å². The summed E-state index contributed by atoms with van der Waals surface area (Å²) in [6.07, 6.45) is 10.3. The minimum absolute atomic E-state index is 0. The summed E-state index contributed by atoms with van der Waals surface area (Å²) < 4.78 is 28.5. The fourth-order valence-corrected chi connectivity index (χ4v) is 2.65. The van der Waals surface area contributed by atoms with Gasteiger partial charge in [-0.05, 0) is 6.42 Å². The molecule has 0 spiro atoms. The summed E-state index contributed by atoms with van der Waals surface area (Å²) in [6, 6.07) is 0. The molecule has 0 amide bonds. The molecule has 0 aromatic heterocycles. The number of hydrogen-bond donors (Lipinski definition) is 3. The maximum Gasteiger partial charge on any atom is 1.00 e. The van der Waals surface area contributed by atoms with Crippen LogP contribution < -0.4 is 34.7 Å². The molecule has 0 aromatic carbocycles. The number of carbonyl (C=O) groups is 3. The van der Waals surface area contributed by atoms with Crippen LogP contribution in [0.5, 0.6) is 0 Å². The van der Waals surface area contributed by atoms with Crippen LogP contribution in [0.4, 0.5) is 0 Å². The summed E-state index contributed by atoms with van der Waals surface area (Å²) >= 11 is 0. The molecular formula is C16H29NaO9S. The number of carbonyl (C=O) groups excluding carboxylic acids is 1. The maximum atomic E-state index is 10.2. The standard InChI is InChI=1S/C12H24O2.C4H6O7S.Na/c1-2-3-4-5-6-7-8-9-10-11-12(13)14;5-3(6)1-2(4(7)8)12(9,10)11;/h2-11H2,1H3,(H,13,14);2H,1H2,(H,5,6)(H,7,8)(H,9,10,11);/q;;+1/p-1. The zero-order valence-electron chi connectivity index (χ0n) is 16.1. The second kappa shape index (κ2) is 18.7. The summed E-state index contributed by atoms with van der Waals surface area (Å²) in [6.45, 7) is 2.23. The Morgan fingerprint density at radius 2 is 1.26 bits per heavy atom. The van der Waals surface area contributed by atoms with Crippen molar-refractivity contribution in [1.82, 2.24) is 0 Å². The Kier molecular flexibility index (Phi) is 21.5. The van der Waals surface area contributed by atoms with Crippen LogP contribution in [0.15, 0.2) is 0 Å². The molecule has 0 heterocycles. The van der Waals surface area contributed by atoms with Gasteiger partial charge in [-0.3, -0.25) is 14.1 Å². The van der Waals surface area contributed by atoms with Gasteiger partial charge in [0, 0.05) is 6.42 Å². The molecule has 9 nitrogen and oxygen atoms in total. The van der Waals surface area contributed by atoms with Crippen molar-refractivity contribution in [3.05, 3.63) is 0 Å². The molecular weight excluding hydrogens is 391 g/mol. The molecule has 0 radical (unpaired) electrons. The van der Waals surface area contributed by atoms with E-state index in [1.807, 2.05) is 0 Å². The van der Waals surface area contributed by atoms with Crippen LogP contribution in [-0.4, -0.2) is 46.3 Å².